The molecule has 0 heterocycles. The van der Waals surface area contributed by atoms with Gasteiger partial charge >= 0.3 is 17.9 Å². The Morgan fingerprint density at radius 1 is 0.368 bits per heavy atom. The van der Waals surface area contributed by atoms with E-state index in [4.69, 9.17) is 14.2 Å². The second-order valence-electron chi connectivity index (χ2n) is 16.0. The van der Waals surface area contributed by atoms with Gasteiger partial charge in [0, 0.05) is 19.3 Å². The number of carbonyl (C=O) groups excluding carboxylic acids is 3. The van der Waals surface area contributed by atoms with Crippen LogP contribution in [0.15, 0.2) is 48.6 Å². The minimum atomic E-state index is -0.779. The highest BCUT2D eigenvalue weighted by molar-refractivity contribution is 5.71. The predicted octanol–water partition coefficient (Wildman–Crippen LogP) is 15.5. The largest absolute Gasteiger partial charge is 0.462 e. The Balaban J connectivity index is 4.39. The average Bonchev–Trinajstić information content (AvgIpc) is 3.21. The van der Waals surface area contributed by atoms with Crippen LogP contribution < -0.4 is 0 Å². The topological polar surface area (TPSA) is 78.9 Å². The molecule has 0 radical (unpaired) electrons. The first-order chi connectivity index (χ1) is 28.0. The summed E-state index contributed by atoms with van der Waals surface area (Å²) in [6.45, 7) is 6.47. The van der Waals surface area contributed by atoms with E-state index in [0.717, 1.165) is 103 Å². The van der Waals surface area contributed by atoms with Crippen molar-refractivity contribution in [2.24, 2.45) is 0 Å². The Labute approximate surface area is 352 Å². The van der Waals surface area contributed by atoms with Crippen LogP contribution in [0.25, 0.3) is 0 Å². The highest BCUT2D eigenvalue weighted by Crippen LogP contribution is 2.15. The second-order valence-corrected chi connectivity index (χ2v) is 16.0. The smallest absolute Gasteiger partial charge is 0.306 e. The summed E-state index contributed by atoms with van der Waals surface area (Å²) in [6, 6.07) is 0. The van der Waals surface area contributed by atoms with Gasteiger partial charge in [0.15, 0.2) is 6.10 Å². The molecule has 0 fully saturated rings. The summed E-state index contributed by atoms with van der Waals surface area (Å²) >= 11 is 0. The van der Waals surface area contributed by atoms with Gasteiger partial charge in [-0.25, -0.2) is 0 Å². The van der Waals surface area contributed by atoms with Gasteiger partial charge in [0.25, 0.3) is 0 Å². The van der Waals surface area contributed by atoms with Crippen LogP contribution in [0.3, 0.4) is 0 Å². The van der Waals surface area contributed by atoms with E-state index >= 15 is 0 Å². The van der Waals surface area contributed by atoms with Gasteiger partial charge in [-0.1, -0.05) is 198 Å². The van der Waals surface area contributed by atoms with Crippen LogP contribution >= 0.6 is 0 Å². The van der Waals surface area contributed by atoms with Crippen LogP contribution in [-0.2, 0) is 28.6 Å². The third-order valence-corrected chi connectivity index (χ3v) is 10.3. The van der Waals surface area contributed by atoms with Crippen LogP contribution in [0.1, 0.15) is 239 Å². The number of esters is 3. The van der Waals surface area contributed by atoms with Crippen LogP contribution in [0.5, 0.6) is 0 Å². The molecular weight excluding hydrogens is 709 g/mol. The first kappa shape index (κ1) is 54.4. The Hall–Kier alpha value is -2.63. The number of rotatable bonds is 43. The van der Waals surface area contributed by atoms with Crippen molar-refractivity contribution < 1.29 is 28.6 Å². The minimum absolute atomic E-state index is 0.0815. The lowest BCUT2D eigenvalue weighted by Gasteiger charge is -2.18. The Morgan fingerprint density at radius 2 is 0.702 bits per heavy atom. The van der Waals surface area contributed by atoms with Gasteiger partial charge < -0.3 is 14.2 Å². The van der Waals surface area contributed by atoms with Crippen LogP contribution in [0.2, 0.25) is 0 Å². The summed E-state index contributed by atoms with van der Waals surface area (Å²) in [6.07, 6.45) is 53.7. The SMILES string of the molecule is CC/C=C\C/C=C\C/C=C\CCCCCCCC(=O)OC[C@@H](COC(=O)CCCCCCC/C=C\CCCC)OC(=O)CCCCCCCCCCCCCCC. The second kappa shape index (κ2) is 46.1. The fourth-order valence-corrected chi connectivity index (χ4v) is 6.67. The average molecular weight is 799 g/mol. The maximum atomic E-state index is 12.7. The Kier molecular flexibility index (Phi) is 43.9. The molecular formula is C51H90O6. The number of hydrogen-bond donors (Lipinski definition) is 0. The van der Waals surface area contributed by atoms with Crippen LogP contribution in [-0.4, -0.2) is 37.2 Å². The molecule has 0 saturated heterocycles. The van der Waals surface area contributed by atoms with E-state index in [-0.39, 0.29) is 31.1 Å². The van der Waals surface area contributed by atoms with E-state index in [0.29, 0.717) is 19.3 Å². The molecule has 6 heteroatoms. The maximum Gasteiger partial charge on any atom is 0.306 e. The van der Waals surface area contributed by atoms with Crippen molar-refractivity contribution in [3.8, 4) is 0 Å². The van der Waals surface area contributed by atoms with E-state index in [1.54, 1.807) is 0 Å². The third-order valence-electron chi connectivity index (χ3n) is 10.3. The fraction of sp³-hybridized carbons (Fsp3) is 0.784. The molecule has 0 aliphatic rings. The maximum absolute atomic E-state index is 12.7. The van der Waals surface area contributed by atoms with Crippen molar-refractivity contribution in [1.29, 1.82) is 0 Å². The molecule has 0 aromatic rings. The molecule has 0 N–H and O–H groups in total. The summed E-state index contributed by atoms with van der Waals surface area (Å²) in [5.74, 6) is -0.904. The molecule has 0 aliphatic carbocycles. The van der Waals surface area contributed by atoms with E-state index in [2.05, 4.69) is 69.4 Å². The normalized spacial score (nSPS) is 12.4. The van der Waals surface area contributed by atoms with Gasteiger partial charge in [-0.15, -0.1) is 0 Å². The zero-order chi connectivity index (χ0) is 41.5. The lowest BCUT2D eigenvalue weighted by Crippen LogP contribution is -2.30. The molecule has 0 spiro atoms. The quantitative estimate of drug-likeness (QED) is 0.0265. The number of hydrogen-bond acceptors (Lipinski definition) is 6. The number of unbranched alkanes of at least 4 members (excludes halogenated alkanes) is 24. The van der Waals surface area contributed by atoms with Crippen molar-refractivity contribution in [2.45, 2.75) is 245 Å². The van der Waals surface area contributed by atoms with Gasteiger partial charge in [0.05, 0.1) is 0 Å². The van der Waals surface area contributed by atoms with E-state index < -0.39 is 6.10 Å². The lowest BCUT2D eigenvalue weighted by atomic mass is 10.0. The predicted molar refractivity (Wildman–Crippen MR) is 242 cm³/mol. The summed E-state index contributed by atoms with van der Waals surface area (Å²) in [4.78, 5) is 37.8. The lowest BCUT2D eigenvalue weighted by molar-refractivity contribution is -0.167. The molecule has 6 nitrogen and oxygen atoms in total. The van der Waals surface area contributed by atoms with Gasteiger partial charge in [0.2, 0.25) is 0 Å². The highest BCUT2D eigenvalue weighted by atomic mass is 16.6. The van der Waals surface area contributed by atoms with E-state index in [1.165, 1.54) is 96.3 Å². The third kappa shape index (κ3) is 44.3. The van der Waals surface area contributed by atoms with Gasteiger partial charge in [0.1, 0.15) is 13.2 Å². The molecule has 0 rings (SSSR count). The highest BCUT2D eigenvalue weighted by Gasteiger charge is 2.19. The van der Waals surface area contributed by atoms with Crippen molar-refractivity contribution in [3.05, 3.63) is 48.6 Å². The van der Waals surface area contributed by atoms with Crippen molar-refractivity contribution in [2.75, 3.05) is 13.2 Å². The van der Waals surface area contributed by atoms with Gasteiger partial charge in [-0.2, -0.15) is 0 Å². The molecule has 0 bridgehead atoms. The summed E-state index contributed by atoms with van der Waals surface area (Å²) < 4.78 is 16.7. The van der Waals surface area contributed by atoms with Crippen LogP contribution in [0.4, 0.5) is 0 Å². The van der Waals surface area contributed by atoms with Crippen LogP contribution in [0, 0.1) is 0 Å². The number of allylic oxidation sites excluding steroid dienone is 8. The molecule has 330 valence electrons. The Morgan fingerprint density at radius 3 is 1.14 bits per heavy atom. The molecule has 0 aromatic heterocycles. The van der Waals surface area contributed by atoms with E-state index in [1.807, 2.05) is 0 Å². The summed E-state index contributed by atoms with van der Waals surface area (Å²) in [5.41, 5.74) is 0. The molecule has 0 saturated carbocycles. The van der Waals surface area contributed by atoms with Crippen molar-refractivity contribution >= 4 is 17.9 Å². The number of ether oxygens (including phenoxy) is 3. The summed E-state index contributed by atoms with van der Waals surface area (Å²) in [7, 11) is 0. The molecule has 57 heavy (non-hydrogen) atoms. The fourth-order valence-electron chi connectivity index (χ4n) is 6.67. The standard InChI is InChI=1S/C51H90O6/c1-4-7-10-13-16-19-22-24-25-27-29-32-35-38-41-44-50(53)56-47-48(46-55-49(52)43-40-37-34-31-28-21-18-15-12-9-6-3)57-51(54)45-42-39-36-33-30-26-23-20-17-14-11-8-5-2/h7,10,15-16,18-19,24-25,48H,4-6,8-9,11-14,17,20-23,26-47H2,1-3H3/b10-7-,18-15-,19-16-,25-24-/t48-/m1/s1. The van der Waals surface area contributed by atoms with Gasteiger partial charge in [-0.05, 0) is 70.6 Å². The zero-order valence-electron chi connectivity index (χ0n) is 37.6. The zero-order valence-corrected chi connectivity index (χ0v) is 37.6. The minimum Gasteiger partial charge on any atom is -0.462 e. The molecule has 0 unspecified atom stereocenters. The Bertz CT molecular complexity index is 1010. The monoisotopic (exact) mass is 799 g/mol. The van der Waals surface area contributed by atoms with E-state index in [9.17, 15) is 14.4 Å². The van der Waals surface area contributed by atoms with Crippen molar-refractivity contribution in [1.82, 2.24) is 0 Å². The summed E-state index contributed by atoms with van der Waals surface area (Å²) in [5, 5.41) is 0. The van der Waals surface area contributed by atoms with Crippen molar-refractivity contribution in [3.63, 3.8) is 0 Å². The molecule has 1 atom stereocenters. The number of carbonyl (C=O) groups is 3. The first-order valence-electron chi connectivity index (χ1n) is 24.1. The first-order valence-corrected chi connectivity index (χ1v) is 24.1. The molecule has 0 aromatic carbocycles. The molecule has 0 aliphatic heterocycles. The van der Waals surface area contributed by atoms with Gasteiger partial charge in [-0.3, -0.25) is 14.4 Å². The molecule has 0 amide bonds.